The van der Waals surface area contributed by atoms with E-state index < -0.39 is 23.3 Å². The van der Waals surface area contributed by atoms with E-state index in [1.807, 2.05) is 13.8 Å². The molecule has 1 N–H and O–H groups in total. The van der Waals surface area contributed by atoms with E-state index in [1.54, 1.807) is 0 Å². The zero-order valence-electron chi connectivity index (χ0n) is 11.9. The van der Waals surface area contributed by atoms with Gasteiger partial charge in [-0.2, -0.15) is 0 Å². The monoisotopic (exact) mass is 260 g/mol. The van der Waals surface area contributed by atoms with Crippen molar-refractivity contribution in [3.05, 3.63) is 0 Å². The summed E-state index contributed by atoms with van der Waals surface area (Å²) in [5, 5.41) is 10.7. The van der Waals surface area contributed by atoms with Crippen LogP contribution in [0.2, 0.25) is 0 Å². The maximum absolute atomic E-state index is 11.2. The smallest absolute Gasteiger partial charge is 0.306 e. The van der Waals surface area contributed by atoms with E-state index in [0.29, 0.717) is 25.7 Å². The molecule has 0 rings (SSSR count). The number of ether oxygens (including phenoxy) is 2. The third-order valence-electron chi connectivity index (χ3n) is 2.85. The van der Waals surface area contributed by atoms with Gasteiger partial charge >= 0.3 is 11.9 Å². The predicted octanol–water partition coefficient (Wildman–Crippen LogP) is 2.16. The van der Waals surface area contributed by atoms with Gasteiger partial charge in [-0.05, 0) is 12.8 Å². The summed E-state index contributed by atoms with van der Waals surface area (Å²) >= 11 is 0. The van der Waals surface area contributed by atoms with Gasteiger partial charge in [-0.3, -0.25) is 9.59 Å². The molecule has 0 spiro atoms. The van der Waals surface area contributed by atoms with Gasteiger partial charge in [0.15, 0.2) is 0 Å². The maximum Gasteiger partial charge on any atom is 0.306 e. The highest BCUT2D eigenvalue weighted by atomic mass is 16.7. The van der Waals surface area contributed by atoms with Gasteiger partial charge in [0.1, 0.15) is 5.60 Å². The molecule has 0 amide bonds. The normalized spacial score (nSPS) is 12.1. The minimum absolute atomic E-state index is 0.387. The Labute approximate surface area is 108 Å². The Morgan fingerprint density at radius 3 is 1.56 bits per heavy atom. The van der Waals surface area contributed by atoms with Crippen molar-refractivity contribution in [2.24, 2.45) is 0 Å². The summed E-state index contributed by atoms with van der Waals surface area (Å²) in [5.74, 6) is -2.83. The maximum atomic E-state index is 11.2. The Balaban J connectivity index is 5.32. The molecule has 5 nitrogen and oxygen atoms in total. The van der Waals surface area contributed by atoms with E-state index in [1.165, 1.54) is 20.8 Å². The molecule has 0 aliphatic heterocycles. The minimum atomic E-state index is -1.64. The summed E-state index contributed by atoms with van der Waals surface area (Å²) in [7, 11) is 0. The molecular weight excluding hydrogens is 236 g/mol. The van der Waals surface area contributed by atoms with Crippen LogP contribution >= 0.6 is 0 Å². The van der Waals surface area contributed by atoms with Gasteiger partial charge in [-0.1, -0.05) is 26.7 Å². The minimum Gasteiger partial charge on any atom is -0.420 e. The standard InChI is InChI=1S/C13H24O5/c1-6-8-13(16,9-7-2)12(5,17-10(3)14)18-11(4)15/h16H,6-9H2,1-5H3. The van der Waals surface area contributed by atoms with Crippen LogP contribution in [0.4, 0.5) is 0 Å². The average molecular weight is 260 g/mol. The van der Waals surface area contributed by atoms with Crippen LogP contribution in [0.25, 0.3) is 0 Å². The lowest BCUT2D eigenvalue weighted by atomic mass is 9.84. The predicted molar refractivity (Wildman–Crippen MR) is 66.7 cm³/mol. The van der Waals surface area contributed by atoms with E-state index in [2.05, 4.69) is 0 Å². The van der Waals surface area contributed by atoms with Crippen LogP contribution in [0, 0.1) is 0 Å². The zero-order chi connectivity index (χ0) is 14.4. The first-order chi connectivity index (χ1) is 8.20. The molecule has 0 atom stereocenters. The fraction of sp³-hybridized carbons (Fsp3) is 0.846. The number of hydrogen-bond donors (Lipinski definition) is 1. The van der Waals surface area contributed by atoms with Crippen molar-refractivity contribution in [1.82, 2.24) is 0 Å². The van der Waals surface area contributed by atoms with Crippen molar-refractivity contribution in [3.8, 4) is 0 Å². The molecule has 0 bridgehead atoms. The van der Waals surface area contributed by atoms with Crippen molar-refractivity contribution in [1.29, 1.82) is 0 Å². The molecule has 0 unspecified atom stereocenters. The molecule has 0 aromatic rings. The van der Waals surface area contributed by atoms with Crippen molar-refractivity contribution in [2.45, 2.75) is 71.7 Å². The Kier molecular flexibility index (Phi) is 6.32. The quantitative estimate of drug-likeness (QED) is 0.561. The van der Waals surface area contributed by atoms with E-state index in [-0.39, 0.29) is 0 Å². The van der Waals surface area contributed by atoms with Crippen LogP contribution in [0.5, 0.6) is 0 Å². The van der Waals surface area contributed by atoms with Crippen molar-refractivity contribution < 1.29 is 24.2 Å². The summed E-state index contributed by atoms with van der Waals surface area (Å²) in [6.07, 6.45) is 2.15. The van der Waals surface area contributed by atoms with Crippen molar-refractivity contribution in [2.75, 3.05) is 0 Å². The first-order valence-electron chi connectivity index (χ1n) is 6.32. The van der Waals surface area contributed by atoms with Crippen LogP contribution in [0.15, 0.2) is 0 Å². The molecule has 0 aromatic heterocycles. The molecule has 18 heavy (non-hydrogen) atoms. The lowest BCUT2D eigenvalue weighted by Crippen LogP contribution is -2.57. The van der Waals surface area contributed by atoms with E-state index >= 15 is 0 Å². The summed E-state index contributed by atoms with van der Waals surface area (Å²) in [4.78, 5) is 22.3. The first kappa shape index (κ1) is 16.9. The second kappa shape index (κ2) is 6.73. The zero-order valence-corrected chi connectivity index (χ0v) is 11.9. The summed E-state index contributed by atoms with van der Waals surface area (Å²) < 4.78 is 10.2. The Morgan fingerprint density at radius 2 is 1.33 bits per heavy atom. The molecule has 0 saturated carbocycles. The van der Waals surface area contributed by atoms with Gasteiger partial charge in [-0.25, -0.2) is 0 Å². The van der Waals surface area contributed by atoms with Crippen molar-refractivity contribution in [3.63, 3.8) is 0 Å². The van der Waals surface area contributed by atoms with Crippen LogP contribution in [0.1, 0.15) is 60.3 Å². The fourth-order valence-corrected chi connectivity index (χ4v) is 2.17. The highest BCUT2D eigenvalue weighted by molar-refractivity contribution is 5.69. The molecular formula is C13H24O5. The fourth-order valence-electron chi connectivity index (χ4n) is 2.17. The number of carbonyl (C=O) groups excluding carboxylic acids is 2. The third kappa shape index (κ3) is 4.29. The number of carbonyl (C=O) groups is 2. The van der Waals surface area contributed by atoms with Gasteiger partial charge in [0, 0.05) is 20.8 Å². The Bertz CT molecular complexity index is 276. The van der Waals surface area contributed by atoms with E-state index in [0.717, 1.165) is 0 Å². The Hall–Kier alpha value is -1.10. The average Bonchev–Trinajstić information content (AvgIpc) is 2.15. The molecule has 0 aliphatic carbocycles. The van der Waals surface area contributed by atoms with Crippen LogP contribution < -0.4 is 0 Å². The first-order valence-corrected chi connectivity index (χ1v) is 6.32. The molecule has 5 heteroatoms. The molecule has 0 saturated heterocycles. The van der Waals surface area contributed by atoms with Crippen molar-refractivity contribution >= 4 is 11.9 Å². The molecule has 0 aromatic carbocycles. The van der Waals surface area contributed by atoms with Gasteiger partial charge < -0.3 is 14.6 Å². The number of esters is 2. The highest BCUT2D eigenvalue weighted by Gasteiger charge is 2.51. The molecule has 0 fully saturated rings. The van der Waals surface area contributed by atoms with Crippen LogP contribution in [-0.4, -0.2) is 28.4 Å². The van der Waals surface area contributed by atoms with Gasteiger partial charge in [-0.15, -0.1) is 0 Å². The van der Waals surface area contributed by atoms with Crippen LogP contribution in [-0.2, 0) is 19.1 Å². The van der Waals surface area contributed by atoms with Gasteiger partial charge in [0.05, 0.1) is 0 Å². The molecule has 0 radical (unpaired) electrons. The van der Waals surface area contributed by atoms with Gasteiger partial charge in [0.25, 0.3) is 5.79 Å². The van der Waals surface area contributed by atoms with Gasteiger partial charge in [0.2, 0.25) is 0 Å². The molecule has 0 heterocycles. The second-order valence-corrected chi connectivity index (χ2v) is 4.66. The largest absolute Gasteiger partial charge is 0.420 e. The summed E-state index contributed by atoms with van der Waals surface area (Å²) in [5.41, 5.74) is -1.37. The highest BCUT2D eigenvalue weighted by Crippen LogP contribution is 2.36. The molecule has 106 valence electrons. The lowest BCUT2D eigenvalue weighted by molar-refractivity contribution is -0.288. The second-order valence-electron chi connectivity index (χ2n) is 4.66. The number of hydrogen-bond acceptors (Lipinski definition) is 5. The topological polar surface area (TPSA) is 72.8 Å². The number of aliphatic hydroxyl groups is 1. The summed E-state index contributed by atoms with van der Waals surface area (Å²) in [6, 6.07) is 0. The van der Waals surface area contributed by atoms with Crippen LogP contribution in [0.3, 0.4) is 0 Å². The molecule has 0 aliphatic rings. The van der Waals surface area contributed by atoms with E-state index in [9.17, 15) is 14.7 Å². The third-order valence-corrected chi connectivity index (χ3v) is 2.85. The lowest BCUT2D eigenvalue weighted by Gasteiger charge is -2.42. The number of rotatable bonds is 7. The SMILES string of the molecule is CCCC(O)(CCC)C(C)(OC(C)=O)OC(C)=O. The Morgan fingerprint density at radius 1 is 1.00 bits per heavy atom. The van der Waals surface area contributed by atoms with E-state index in [4.69, 9.17) is 9.47 Å². The summed E-state index contributed by atoms with van der Waals surface area (Å²) in [6.45, 7) is 7.69.